The van der Waals surface area contributed by atoms with Gasteiger partial charge in [0.15, 0.2) is 5.82 Å². The fourth-order valence-electron chi connectivity index (χ4n) is 5.13. The van der Waals surface area contributed by atoms with Crippen molar-refractivity contribution in [3.05, 3.63) is 53.1 Å². The number of hydrogen-bond donors (Lipinski definition) is 2. The zero-order valence-corrected chi connectivity index (χ0v) is 22.0. The van der Waals surface area contributed by atoms with Crippen molar-refractivity contribution in [2.24, 2.45) is 0 Å². The average Bonchev–Trinajstić information content (AvgIpc) is 2.89. The van der Waals surface area contributed by atoms with Crippen molar-refractivity contribution in [3.8, 4) is 0 Å². The van der Waals surface area contributed by atoms with Gasteiger partial charge >= 0.3 is 5.92 Å². The van der Waals surface area contributed by atoms with E-state index in [0.717, 1.165) is 69.3 Å². The summed E-state index contributed by atoms with van der Waals surface area (Å²) in [6, 6.07) is 5.34. The Kier molecular flexibility index (Phi) is 6.95. The second-order valence-electron chi connectivity index (χ2n) is 10.6. The lowest BCUT2D eigenvalue weighted by molar-refractivity contribution is -0.170. The molecule has 2 aromatic heterocycles. The molecule has 0 saturated carbocycles. The lowest BCUT2D eigenvalue weighted by Gasteiger charge is -2.44. The van der Waals surface area contributed by atoms with Gasteiger partial charge in [-0.1, -0.05) is 12.1 Å². The van der Waals surface area contributed by atoms with E-state index in [-0.39, 0.29) is 5.56 Å². The number of piperazine rings is 1. The first-order valence-corrected chi connectivity index (χ1v) is 12.8. The van der Waals surface area contributed by atoms with Gasteiger partial charge in [0.25, 0.3) is 0 Å². The number of halogens is 3. The summed E-state index contributed by atoms with van der Waals surface area (Å²) >= 11 is 0. The minimum Gasteiger partial charge on any atom is -0.384 e. The van der Waals surface area contributed by atoms with Crippen LogP contribution in [-0.4, -0.2) is 76.2 Å². The van der Waals surface area contributed by atoms with Gasteiger partial charge in [0, 0.05) is 48.7 Å². The Morgan fingerprint density at radius 3 is 2.71 bits per heavy atom. The van der Waals surface area contributed by atoms with Gasteiger partial charge in [-0.2, -0.15) is 13.9 Å². The lowest BCUT2D eigenvalue weighted by Crippen LogP contribution is -2.58. The molecule has 2 aliphatic heterocycles. The number of aromatic nitrogens is 3. The summed E-state index contributed by atoms with van der Waals surface area (Å²) in [6.45, 7) is 10.4. The molecule has 2 atom stereocenters. The predicted octanol–water partition coefficient (Wildman–Crippen LogP) is 4.03. The fraction of sp³-hybridized carbons (Fsp3) is 0.519. The molecule has 1 aromatic carbocycles. The van der Waals surface area contributed by atoms with Crippen LogP contribution in [0, 0.1) is 12.7 Å². The van der Waals surface area contributed by atoms with Crippen molar-refractivity contribution in [2.45, 2.75) is 51.3 Å². The van der Waals surface area contributed by atoms with Crippen molar-refractivity contribution < 1.29 is 23.0 Å². The third kappa shape index (κ3) is 4.78. The summed E-state index contributed by atoms with van der Waals surface area (Å²) in [4.78, 5) is 9.35. The molecular weight excluding hydrogens is 497 g/mol. The minimum absolute atomic E-state index is 0.0321. The molecule has 0 radical (unpaired) electrons. The third-order valence-corrected chi connectivity index (χ3v) is 7.55. The van der Waals surface area contributed by atoms with Crippen molar-refractivity contribution in [1.82, 2.24) is 20.1 Å². The first-order valence-electron chi connectivity index (χ1n) is 12.8. The normalized spacial score (nSPS) is 19.9. The molecule has 0 bridgehead atoms. The third-order valence-electron chi connectivity index (χ3n) is 7.55. The number of aliphatic hydroxyl groups is 1. The van der Waals surface area contributed by atoms with E-state index in [9.17, 15) is 13.9 Å². The summed E-state index contributed by atoms with van der Waals surface area (Å²) < 4.78 is 50.7. The lowest BCUT2D eigenvalue weighted by atomic mass is 9.91. The molecule has 0 amide bonds. The first-order chi connectivity index (χ1) is 18.0. The van der Waals surface area contributed by atoms with E-state index < -0.39 is 28.9 Å². The maximum Gasteiger partial charge on any atom is 0.303 e. The number of morpholine rings is 1. The smallest absolute Gasteiger partial charge is 0.303 e. The van der Waals surface area contributed by atoms with Gasteiger partial charge in [-0.25, -0.2) is 9.37 Å². The molecule has 0 aliphatic carbocycles. The molecule has 2 fully saturated rings. The highest BCUT2D eigenvalue weighted by Crippen LogP contribution is 2.41. The number of alkyl halides is 2. The van der Waals surface area contributed by atoms with Gasteiger partial charge in [0.2, 0.25) is 0 Å². The van der Waals surface area contributed by atoms with Crippen LogP contribution in [0.5, 0.6) is 0 Å². The van der Waals surface area contributed by atoms with Crippen LogP contribution in [0.15, 0.2) is 30.5 Å². The molecule has 204 valence electrons. The van der Waals surface area contributed by atoms with Crippen molar-refractivity contribution in [3.63, 3.8) is 0 Å². The molecule has 2 N–H and O–H groups in total. The van der Waals surface area contributed by atoms with Crippen LogP contribution in [0.1, 0.15) is 43.6 Å². The molecule has 8 nitrogen and oxygen atoms in total. The van der Waals surface area contributed by atoms with Crippen molar-refractivity contribution in [1.29, 1.82) is 0 Å². The topological polar surface area (TPSA) is 86.6 Å². The van der Waals surface area contributed by atoms with E-state index in [1.807, 2.05) is 13.0 Å². The number of benzene rings is 1. The van der Waals surface area contributed by atoms with Crippen LogP contribution < -0.4 is 10.2 Å². The second-order valence-corrected chi connectivity index (χ2v) is 10.6. The summed E-state index contributed by atoms with van der Waals surface area (Å²) in [5.41, 5.74) is -2.56. The average molecular weight is 531 g/mol. The molecule has 38 heavy (non-hydrogen) atoms. The zero-order chi connectivity index (χ0) is 27.2. The maximum atomic E-state index is 15.4. The Morgan fingerprint density at radius 2 is 1.95 bits per heavy atom. The number of hydrogen-bond acceptors (Lipinski definition) is 8. The number of anilines is 2. The van der Waals surface area contributed by atoms with E-state index in [0.29, 0.717) is 24.2 Å². The van der Waals surface area contributed by atoms with Gasteiger partial charge < -0.3 is 20.1 Å². The highest BCUT2D eigenvalue weighted by atomic mass is 19.3. The van der Waals surface area contributed by atoms with Crippen LogP contribution in [-0.2, 0) is 10.7 Å². The van der Waals surface area contributed by atoms with Crippen LogP contribution in [0.4, 0.5) is 24.8 Å². The van der Waals surface area contributed by atoms with E-state index in [2.05, 4.69) is 30.3 Å². The highest BCUT2D eigenvalue weighted by Gasteiger charge is 2.49. The SMILES string of the molecule is Cc1nnc(NC(C)c2cccc(C(F)(F)C(C)(C)O)c2F)c2cc(N3CCN4CCOC[C@@H]4C3)ncc12. The summed E-state index contributed by atoms with van der Waals surface area (Å²) in [6.07, 6.45) is 1.76. The largest absolute Gasteiger partial charge is 0.384 e. The molecule has 11 heteroatoms. The van der Waals surface area contributed by atoms with E-state index in [1.165, 1.54) is 12.1 Å². The summed E-state index contributed by atoms with van der Waals surface area (Å²) in [7, 11) is 0. The number of fused-ring (bicyclic) bond motifs is 2. The standard InChI is InChI=1S/C27H33F3N6O2/c1-16(19-6-5-7-22(24(19)28)27(29,30)26(3,4)37)32-25-20-12-23(31-13-21(20)17(2)33-34-25)36-9-8-35-10-11-38-15-18(35)14-36/h5-7,12-13,16,18,37H,8-11,14-15H2,1-4H3,(H,32,34)/t16?,18-/m0/s1. The number of nitrogens with one attached hydrogen (secondary N) is 1. The highest BCUT2D eigenvalue weighted by molar-refractivity contribution is 5.94. The molecule has 5 rings (SSSR count). The van der Waals surface area contributed by atoms with Gasteiger partial charge in [-0.3, -0.25) is 4.90 Å². The number of pyridine rings is 1. The zero-order valence-electron chi connectivity index (χ0n) is 22.0. The van der Waals surface area contributed by atoms with Crippen LogP contribution in [0.2, 0.25) is 0 Å². The Balaban J connectivity index is 1.45. The van der Waals surface area contributed by atoms with Gasteiger partial charge in [0.1, 0.15) is 17.2 Å². The number of nitrogens with zero attached hydrogens (tertiary/aromatic N) is 5. The van der Waals surface area contributed by atoms with Gasteiger partial charge in [-0.15, -0.1) is 5.10 Å². The molecule has 3 aromatic rings. The maximum absolute atomic E-state index is 15.4. The quantitative estimate of drug-likeness (QED) is 0.494. The van der Waals surface area contributed by atoms with E-state index >= 15 is 4.39 Å². The predicted molar refractivity (Wildman–Crippen MR) is 139 cm³/mol. The van der Waals surface area contributed by atoms with Crippen LogP contribution in [0.25, 0.3) is 10.8 Å². The Morgan fingerprint density at radius 1 is 1.16 bits per heavy atom. The van der Waals surface area contributed by atoms with E-state index in [4.69, 9.17) is 4.74 Å². The Labute approximate surface area is 219 Å². The number of aryl methyl sites for hydroxylation is 1. The summed E-state index contributed by atoms with van der Waals surface area (Å²) in [5, 5.41) is 23.2. The molecular formula is C27H33F3N6O2. The molecule has 4 heterocycles. The first kappa shape index (κ1) is 26.6. The number of rotatable bonds is 6. The van der Waals surface area contributed by atoms with Gasteiger partial charge in [0.05, 0.1) is 36.6 Å². The van der Waals surface area contributed by atoms with Gasteiger partial charge in [-0.05, 0) is 39.8 Å². The molecule has 1 unspecified atom stereocenters. The molecule has 2 saturated heterocycles. The second kappa shape index (κ2) is 9.94. The Hall–Kier alpha value is -3.02. The van der Waals surface area contributed by atoms with E-state index in [1.54, 1.807) is 13.1 Å². The summed E-state index contributed by atoms with van der Waals surface area (Å²) in [5.74, 6) is -3.65. The molecule has 2 aliphatic rings. The van der Waals surface area contributed by atoms with Crippen molar-refractivity contribution >= 4 is 22.4 Å². The monoisotopic (exact) mass is 530 g/mol. The van der Waals surface area contributed by atoms with Crippen LogP contribution >= 0.6 is 0 Å². The minimum atomic E-state index is -3.78. The van der Waals surface area contributed by atoms with Crippen molar-refractivity contribution in [2.75, 3.05) is 49.6 Å². The van der Waals surface area contributed by atoms with Crippen LogP contribution in [0.3, 0.4) is 0 Å². The fourth-order valence-corrected chi connectivity index (χ4v) is 5.13. The number of ether oxygens (including phenoxy) is 1. The molecule has 0 spiro atoms. The Bertz CT molecular complexity index is 1330.